The largest absolute Gasteiger partial charge is 0.497 e. The third kappa shape index (κ3) is 4.37. The van der Waals surface area contributed by atoms with E-state index in [1.165, 1.54) is 13.2 Å². The van der Waals surface area contributed by atoms with Gasteiger partial charge in [-0.2, -0.15) is 5.10 Å². The van der Waals surface area contributed by atoms with Crippen molar-refractivity contribution in [1.29, 1.82) is 0 Å². The maximum absolute atomic E-state index is 14.7. The van der Waals surface area contributed by atoms with E-state index in [4.69, 9.17) is 4.74 Å². The van der Waals surface area contributed by atoms with Crippen molar-refractivity contribution in [3.63, 3.8) is 0 Å². The van der Waals surface area contributed by atoms with Gasteiger partial charge in [-0.1, -0.05) is 18.2 Å². The molecule has 1 aliphatic heterocycles. The van der Waals surface area contributed by atoms with Gasteiger partial charge < -0.3 is 10.1 Å². The van der Waals surface area contributed by atoms with Crippen LogP contribution in [0.25, 0.3) is 22.3 Å². The number of halogens is 1. The molecule has 5 rings (SSSR count). The Hall–Kier alpha value is -3.79. The maximum Gasteiger partial charge on any atom is 0.256 e. The molecule has 10 heteroatoms. The average Bonchev–Trinajstić information content (AvgIpc) is 3.37. The molecule has 1 N–H and O–H groups in total. The molecule has 1 fully saturated rings. The summed E-state index contributed by atoms with van der Waals surface area (Å²) in [5.74, 6) is -0.315. The van der Waals surface area contributed by atoms with Crippen LogP contribution >= 0.6 is 0 Å². The SMILES string of the molecule is COc1cccc(NC(=O)c2cc(-c3ccccc3F)nc3c2c(C)nn3C2CCS(=O)(=O)C2)c1. The summed E-state index contributed by atoms with van der Waals surface area (Å²) >= 11 is 0. The molecule has 1 atom stereocenters. The summed E-state index contributed by atoms with van der Waals surface area (Å²) in [6, 6.07) is 14.2. The van der Waals surface area contributed by atoms with Crippen molar-refractivity contribution in [3.8, 4) is 17.0 Å². The number of nitrogens with one attached hydrogen (secondary N) is 1. The summed E-state index contributed by atoms with van der Waals surface area (Å²) in [4.78, 5) is 18.1. The molecule has 4 aromatic rings. The number of methoxy groups -OCH3 is 1. The number of carbonyl (C=O) groups excluding carboxylic acids is 1. The number of aryl methyl sites for hydroxylation is 1. The van der Waals surface area contributed by atoms with E-state index in [9.17, 15) is 17.6 Å². The first-order valence-electron chi connectivity index (χ1n) is 11.1. The highest BCUT2D eigenvalue weighted by Gasteiger charge is 2.32. The molecular formula is C25H23FN4O4S. The van der Waals surface area contributed by atoms with Crippen LogP contribution < -0.4 is 10.1 Å². The van der Waals surface area contributed by atoms with Gasteiger partial charge >= 0.3 is 0 Å². The van der Waals surface area contributed by atoms with E-state index in [2.05, 4.69) is 15.4 Å². The zero-order valence-corrected chi connectivity index (χ0v) is 20.0. The number of nitrogens with zero attached hydrogens (tertiary/aromatic N) is 3. The summed E-state index contributed by atoms with van der Waals surface area (Å²) in [5, 5.41) is 7.93. The predicted molar refractivity (Wildman–Crippen MR) is 131 cm³/mol. The monoisotopic (exact) mass is 494 g/mol. The van der Waals surface area contributed by atoms with Gasteiger partial charge in [-0.05, 0) is 43.7 Å². The van der Waals surface area contributed by atoms with Gasteiger partial charge in [-0.15, -0.1) is 0 Å². The minimum Gasteiger partial charge on any atom is -0.497 e. The standard InChI is InChI=1S/C25H23FN4O4S/c1-15-23-20(25(31)27-16-6-5-7-18(12-16)34-2)13-22(19-8-3-4-9-21(19)26)28-24(23)30(29-15)17-10-11-35(32,33)14-17/h3-9,12-13,17H,10-11,14H2,1-2H3,(H,27,31). The minimum atomic E-state index is -3.19. The molecule has 0 bridgehead atoms. The lowest BCUT2D eigenvalue weighted by molar-refractivity contribution is 0.102. The second-order valence-corrected chi connectivity index (χ2v) is 10.7. The highest BCUT2D eigenvalue weighted by molar-refractivity contribution is 7.91. The van der Waals surface area contributed by atoms with Gasteiger partial charge in [-0.25, -0.2) is 22.5 Å². The molecule has 0 aliphatic carbocycles. The van der Waals surface area contributed by atoms with Crippen molar-refractivity contribution in [2.75, 3.05) is 23.9 Å². The zero-order valence-electron chi connectivity index (χ0n) is 19.2. The number of amides is 1. The Balaban J connectivity index is 1.68. The van der Waals surface area contributed by atoms with Gasteiger partial charge in [-0.3, -0.25) is 4.79 Å². The Bertz CT molecular complexity index is 1570. The molecule has 1 saturated heterocycles. The molecule has 0 spiro atoms. The summed E-state index contributed by atoms with van der Waals surface area (Å²) in [6.07, 6.45) is 0.398. The molecule has 1 amide bonds. The van der Waals surface area contributed by atoms with Crippen LogP contribution in [0.1, 0.15) is 28.5 Å². The number of hydrogen-bond acceptors (Lipinski definition) is 6. The smallest absolute Gasteiger partial charge is 0.256 e. The fraction of sp³-hybridized carbons (Fsp3) is 0.240. The van der Waals surface area contributed by atoms with Gasteiger partial charge in [0.1, 0.15) is 11.6 Å². The summed E-state index contributed by atoms with van der Waals surface area (Å²) in [6.45, 7) is 1.75. The number of fused-ring (bicyclic) bond motifs is 1. The second-order valence-electron chi connectivity index (χ2n) is 8.51. The van der Waals surface area contributed by atoms with Gasteiger partial charge in [0, 0.05) is 17.3 Å². The van der Waals surface area contributed by atoms with Crippen LogP contribution in [0.4, 0.5) is 10.1 Å². The van der Waals surface area contributed by atoms with Crippen LogP contribution in [-0.4, -0.2) is 47.7 Å². The van der Waals surface area contributed by atoms with Crippen LogP contribution in [-0.2, 0) is 9.84 Å². The topological polar surface area (TPSA) is 103 Å². The normalized spacial score (nSPS) is 16.9. The number of benzene rings is 2. The lowest BCUT2D eigenvalue weighted by Gasteiger charge is -2.13. The fourth-order valence-electron chi connectivity index (χ4n) is 4.42. The summed E-state index contributed by atoms with van der Waals surface area (Å²) < 4.78 is 45.8. The van der Waals surface area contributed by atoms with E-state index in [0.29, 0.717) is 34.6 Å². The third-order valence-corrected chi connectivity index (χ3v) is 7.86. The molecule has 0 radical (unpaired) electrons. The Labute approximate surface area is 201 Å². The lowest BCUT2D eigenvalue weighted by Crippen LogP contribution is -2.15. The molecule has 2 aromatic carbocycles. The molecule has 2 aromatic heterocycles. The number of aromatic nitrogens is 3. The molecular weight excluding hydrogens is 471 g/mol. The van der Waals surface area contributed by atoms with Gasteiger partial charge in [0.2, 0.25) is 0 Å². The first kappa shape index (κ1) is 23.0. The van der Waals surface area contributed by atoms with E-state index in [0.717, 1.165) is 0 Å². The van der Waals surface area contributed by atoms with Crippen molar-refractivity contribution >= 4 is 32.5 Å². The number of anilines is 1. The van der Waals surface area contributed by atoms with Crippen LogP contribution in [0, 0.1) is 12.7 Å². The number of rotatable bonds is 5. The Morgan fingerprint density at radius 3 is 2.69 bits per heavy atom. The van der Waals surface area contributed by atoms with Gasteiger partial charge in [0.25, 0.3) is 5.91 Å². The lowest BCUT2D eigenvalue weighted by atomic mass is 10.0. The molecule has 8 nitrogen and oxygen atoms in total. The van der Waals surface area contributed by atoms with Crippen molar-refractivity contribution < 1.29 is 22.3 Å². The summed E-state index contributed by atoms with van der Waals surface area (Å²) in [7, 11) is -1.65. The van der Waals surface area contributed by atoms with Crippen LogP contribution in [0.15, 0.2) is 54.6 Å². The zero-order chi connectivity index (χ0) is 24.7. The van der Waals surface area contributed by atoms with Crippen molar-refractivity contribution in [1.82, 2.24) is 14.8 Å². The Morgan fingerprint density at radius 2 is 1.97 bits per heavy atom. The minimum absolute atomic E-state index is 0.0554. The fourth-order valence-corrected chi connectivity index (χ4v) is 6.11. The van der Waals surface area contributed by atoms with Crippen molar-refractivity contribution in [2.45, 2.75) is 19.4 Å². The van der Waals surface area contributed by atoms with Crippen molar-refractivity contribution in [3.05, 3.63) is 71.7 Å². The van der Waals surface area contributed by atoms with Gasteiger partial charge in [0.15, 0.2) is 15.5 Å². The van der Waals surface area contributed by atoms with E-state index in [-0.39, 0.29) is 28.3 Å². The highest BCUT2D eigenvalue weighted by atomic mass is 32.2. The molecule has 0 saturated carbocycles. The first-order chi connectivity index (χ1) is 16.8. The van der Waals surface area contributed by atoms with Crippen molar-refractivity contribution in [2.24, 2.45) is 0 Å². The molecule has 35 heavy (non-hydrogen) atoms. The average molecular weight is 495 g/mol. The number of pyridine rings is 1. The summed E-state index contributed by atoms with van der Waals surface area (Å²) in [5.41, 5.74) is 2.16. The highest BCUT2D eigenvalue weighted by Crippen LogP contribution is 2.33. The van der Waals surface area contributed by atoms with Crippen LogP contribution in [0.2, 0.25) is 0 Å². The van der Waals surface area contributed by atoms with E-state index >= 15 is 0 Å². The number of carbonyl (C=O) groups is 1. The van der Waals surface area contributed by atoms with Gasteiger partial charge in [0.05, 0.1) is 47.0 Å². The molecule has 1 aliphatic rings. The Kier molecular flexibility index (Phi) is 5.76. The molecule has 3 heterocycles. The third-order valence-electron chi connectivity index (χ3n) is 6.11. The first-order valence-corrected chi connectivity index (χ1v) is 12.9. The van der Waals surface area contributed by atoms with E-state index < -0.39 is 27.6 Å². The number of hydrogen-bond donors (Lipinski definition) is 1. The maximum atomic E-state index is 14.7. The van der Waals surface area contributed by atoms with Crippen LogP contribution in [0.3, 0.4) is 0 Å². The predicted octanol–water partition coefficient (Wildman–Crippen LogP) is 4.17. The second kappa shape index (κ2) is 8.77. The number of sulfone groups is 1. The van der Waals surface area contributed by atoms with Crippen LogP contribution in [0.5, 0.6) is 5.75 Å². The quantitative estimate of drug-likeness (QED) is 0.447. The van der Waals surface area contributed by atoms with E-state index in [1.807, 2.05) is 0 Å². The Morgan fingerprint density at radius 1 is 1.17 bits per heavy atom. The molecule has 1 unspecified atom stereocenters. The number of ether oxygens (including phenoxy) is 1. The molecule has 180 valence electrons. The van der Waals surface area contributed by atoms with E-state index in [1.54, 1.807) is 60.1 Å².